The van der Waals surface area contributed by atoms with Crippen LogP contribution in [0.3, 0.4) is 0 Å². The van der Waals surface area contributed by atoms with E-state index in [1.807, 2.05) is 54.6 Å². The Morgan fingerprint density at radius 3 is 2.24 bits per heavy atom. The van der Waals surface area contributed by atoms with Crippen molar-refractivity contribution in [1.82, 2.24) is 10.2 Å². The van der Waals surface area contributed by atoms with Crippen LogP contribution in [0.1, 0.15) is 23.1 Å². The van der Waals surface area contributed by atoms with Gasteiger partial charge in [0.15, 0.2) is 0 Å². The van der Waals surface area contributed by atoms with E-state index < -0.39 is 40.9 Å². The Bertz CT molecular complexity index is 1270. The zero-order valence-electron chi connectivity index (χ0n) is 20.1. The summed E-state index contributed by atoms with van der Waals surface area (Å²) in [5, 5.41) is 12.3. The van der Waals surface area contributed by atoms with Gasteiger partial charge < -0.3 is 15.2 Å². The van der Waals surface area contributed by atoms with Crippen molar-refractivity contribution in [2.24, 2.45) is 0 Å². The van der Waals surface area contributed by atoms with Gasteiger partial charge in [0, 0.05) is 17.1 Å². The van der Waals surface area contributed by atoms with Crippen molar-refractivity contribution in [3.8, 4) is 0 Å². The molecule has 3 aromatic rings. The molecule has 1 heterocycles. The topological polar surface area (TPSA) is 113 Å². The molecule has 8 nitrogen and oxygen atoms in total. The van der Waals surface area contributed by atoms with Crippen molar-refractivity contribution >= 4 is 28.8 Å². The van der Waals surface area contributed by atoms with Gasteiger partial charge in [0.2, 0.25) is 5.91 Å². The van der Waals surface area contributed by atoms with Crippen LogP contribution in [-0.4, -0.2) is 50.0 Å². The molecule has 4 rings (SSSR count). The van der Waals surface area contributed by atoms with Crippen LogP contribution in [-0.2, 0) is 44.7 Å². The fourth-order valence-electron chi connectivity index (χ4n) is 4.19. The van der Waals surface area contributed by atoms with Gasteiger partial charge in [-0.3, -0.25) is 13.9 Å². The molecular weight excluding hydrogens is 492 g/mol. The third-order valence-electron chi connectivity index (χ3n) is 6.20. The molecule has 3 atom stereocenters. The molecule has 2 N–H and O–H groups in total. The summed E-state index contributed by atoms with van der Waals surface area (Å²) in [5.74, 6) is -1.76. The summed E-state index contributed by atoms with van der Waals surface area (Å²) in [6, 6.07) is 23.3. The van der Waals surface area contributed by atoms with E-state index in [4.69, 9.17) is 4.74 Å². The van der Waals surface area contributed by atoms with Crippen molar-refractivity contribution in [3.63, 3.8) is 0 Å². The van der Waals surface area contributed by atoms with E-state index in [0.29, 0.717) is 4.90 Å². The first-order valence-electron chi connectivity index (χ1n) is 11.9. The maximum Gasteiger partial charge on any atom is 0.411 e. The van der Waals surface area contributed by atoms with Crippen molar-refractivity contribution in [2.75, 3.05) is 5.75 Å². The SMILES string of the molecule is O=C(O)[C@H](CC[S@](=O)c1ccccc1)NC(=O)[C@@H]1Cc2ccccc2CN1C(=O)OCc1ccccc1. The molecule has 0 aliphatic carbocycles. The Morgan fingerprint density at radius 2 is 1.57 bits per heavy atom. The number of amides is 2. The highest BCUT2D eigenvalue weighted by molar-refractivity contribution is 7.85. The summed E-state index contributed by atoms with van der Waals surface area (Å²) < 4.78 is 18.1. The fraction of sp³-hybridized carbons (Fsp3) is 0.250. The number of aliphatic carboxylic acids is 1. The van der Waals surface area contributed by atoms with E-state index in [2.05, 4.69) is 5.32 Å². The van der Waals surface area contributed by atoms with E-state index in [-0.39, 0.29) is 31.7 Å². The molecule has 192 valence electrons. The number of carbonyl (C=O) groups excluding carboxylic acids is 2. The lowest BCUT2D eigenvalue weighted by Gasteiger charge is -2.35. The number of carboxylic acids is 1. The van der Waals surface area contributed by atoms with E-state index in [9.17, 15) is 23.7 Å². The molecule has 0 aromatic heterocycles. The lowest BCUT2D eigenvalue weighted by atomic mass is 9.93. The number of ether oxygens (including phenoxy) is 1. The van der Waals surface area contributed by atoms with Crippen LogP contribution in [0.5, 0.6) is 0 Å². The lowest BCUT2D eigenvalue weighted by Crippen LogP contribution is -2.55. The predicted molar refractivity (Wildman–Crippen MR) is 138 cm³/mol. The normalized spacial score (nSPS) is 16.2. The summed E-state index contributed by atoms with van der Waals surface area (Å²) in [6.07, 6.45) is -0.453. The molecule has 1 aliphatic rings. The molecule has 0 saturated carbocycles. The third kappa shape index (κ3) is 6.83. The summed E-state index contributed by atoms with van der Waals surface area (Å²) in [5.41, 5.74) is 2.62. The Morgan fingerprint density at radius 1 is 0.946 bits per heavy atom. The molecule has 37 heavy (non-hydrogen) atoms. The van der Waals surface area contributed by atoms with Crippen molar-refractivity contribution in [2.45, 2.75) is 43.0 Å². The number of nitrogens with zero attached hydrogens (tertiary/aromatic N) is 1. The molecule has 2 amide bonds. The third-order valence-corrected chi connectivity index (χ3v) is 7.61. The van der Waals surface area contributed by atoms with Crippen LogP contribution < -0.4 is 5.32 Å². The minimum Gasteiger partial charge on any atom is -0.480 e. The molecule has 0 bridgehead atoms. The van der Waals surface area contributed by atoms with Crippen LogP contribution >= 0.6 is 0 Å². The standard InChI is InChI=1S/C28H28N2O6S/c31-26(29-24(27(32)33)15-16-37(35)23-13-5-2-6-14-23)25-17-21-11-7-8-12-22(21)18-30(25)28(34)36-19-20-9-3-1-4-10-20/h1-14,24-25H,15-19H2,(H,29,31)(H,32,33)/t24-,25-,37-/m0/s1. The smallest absolute Gasteiger partial charge is 0.411 e. The maximum atomic E-state index is 13.3. The molecule has 1 aliphatic heterocycles. The highest BCUT2D eigenvalue weighted by Gasteiger charge is 2.37. The van der Waals surface area contributed by atoms with Crippen molar-refractivity contribution in [1.29, 1.82) is 0 Å². The van der Waals surface area contributed by atoms with Gasteiger partial charge in [-0.2, -0.15) is 0 Å². The largest absolute Gasteiger partial charge is 0.480 e. The number of carboxylic acid groups (broad SMARTS) is 1. The first kappa shape index (κ1) is 26.1. The van der Waals surface area contributed by atoms with E-state index in [1.54, 1.807) is 30.3 Å². The second-order valence-electron chi connectivity index (χ2n) is 8.71. The Balaban J connectivity index is 1.46. The average Bonchev–Trinajstić information content (AvgIpc) is 2.93. The monoisotopic (exact) mass is 520 g/mol. The first-order valence-corrected chi connectivity index (χ1v) is 13.2. The van der Waals surface area contributed by atoms with Gasteiger partial charge in [-0.25, -0.2) is 9.59 Å². The quantitative estimate of drug-likeness (QED) is 0.447. The van der Waals surface area contributed by atoms with Crippen LogP contribution in [0.25, 0.3) is 0 Å². The van der Waals surface area contributed by atoms with E-state index in [0.717, 1.165) is 16.7 Å². The highest BCUT2D eigenvalue weighted by Crippen LogP contribution is 2.25. The predicted octanol–water partition coefficient (Wildman–Crippen LogP) is 3.52. The van der Waals surface area contributed by atoms with Crippen LogP contribution in [0.15, 0.2) is 89.8 Å². The van der Waals surface area contributed by atoms with E-state index >= 15 is 0 Å². The molecule has 9 heteroatoms. The minimum atomic E-state index is -1.40. The van der Waals surface area contributed by atoms with Gasteiger partial charge in [0.1, 0.15) is 18.7 Å². The maximum absolute atomic E-state index is 13.3. The number of hydrogen-bond acceptors (Lipinski definition) is 5. The van der Waals surface area contributed by atoms with E-state index in [1.165, 1.54) is 4.90 Å². The Labute approximate surface area is 217 Å². The van der Waals surface area contributed by atoms with Gasteiger partial charge in [0.05, 0.1) is 17.3 Å². The van der Waals surface area contributed by atoms with Gasteiger partial charge in [-0.1, -0.05) is 72.8 Å². The van der Waals surface area contributed by atoms with Crippen molar-refractivity contribution < 1.29 is 28.4 Å². The average molecular weight is 521 g/mol. The Hall–Kier alpha value is -3.98. The van der Waals surface area contributed by atoms with Crippen molar-refractivity contribution in [3.05, 3.63) is 102 Å². The van der Waals surface area contributed by atoms with Crippen LogP contribution in [0, 0.1) is 0 Å². The highest BCUT2D eigenvalue weighted by atomic mass is 32.2. The number of carbonyl (C=O) groups is 3. The van der Waals surface area contributed by atoms with Gasteiger partial charge in [-0.15, -0.1) is 0 Å². The van der Waals surface area contributed by atoms with Crippen LogP contribution in [0.2, 0.25) is 0 Å². The summed E-state index contributed by atoms with van der Waals surface area (Å²) in [6.45, 7) is 0.215. The molecule has 0 spiro atoms. The number of rotatable bonds is 9. The summed E-state index contributed by atoms with van der Waals surface area (Å²) in [4.78, 5) is 40.2. The zero-order valence-corrected chi connectivity index (χ0v) is 20.9. The minimum absolute atomic E-state index is 0.0235. The zero-order chi connectivity index (χ0) is 26.2. The Kier molecular flexibility index (Phi) is 8.68. The lowest BCUT2D eigenvalue weighted by molar-refractivity contribution is -0.142. The number of nitrogens with one attached hydrogen (secondary N) is 1. The van der Waals surface area contributed by atoms with Crippen LogP contribution in [0.4, 0.5) is 4.79 Å². The molecule has 0 saturated heterocycles. The molecule has 0 unspecified atom stereocenters. The number of fused-ring (bicyclic) bond motifs is 1. The first-order chi connectivity index (χ1) is 17.9. The second-order valence-corrected chi connectivity index (χ2v) is 10.3. The van der Waals surface area contributed by atoms with Gasteiger partial charge >= 0.3 is 12.1 Å². The number of hydrogen-bond donors (Lipinski definition) is 2. The fourth-order valence-corrected chi connectivity index (χ4v) is 5.34. The molecule has 0 radical (unpaired) electrons. The summed E-state index contributed by atoms with van der Waals surface area (Å²) in [7, 11) is -1.40. The molecule has 0 fully saturated rings. The molecule has 3 aromatic carbocycles. The second kappa shape index (κ2) is 12.3. The van der Waals surface area contributed by atoms with Gasteiger partial charge in [0.25, 0.3) is 0 Å². The van der Waals surface area contributed by atoms with Gasteiger partial charge in [-0.05, 0) is 35.2 Å². The molecular formula is C28H28N2O6S. The summed E-state index contributed by atoms with van der Waals surface area (Å²) >= 11 is 0. The number of benzene rings is 3.